The molecule has 0 fully saturated rings. The Bertz CT molecular complexity index is 960. The molecule has 1 aromatic heterocycles. The molecule has 6 nitrogen and oxygen atoms in total. The summed E-state index contributed by atoms with van der Waals surface area (Å²) in [6.45, 7) is 2.20. The molecule has 0 aliphatic heterocycles. The van der Waals surface area contributed by atoms with Crippen LogP contribution in [0.5, 0.6) is 11.5 Å². The van der Waals surface area contributed by atoms with Crippen molar-refractivity contribution in [1.82, 2.24) is 9.99 Å². The number of nitrogens with zero attached hydrogens (tertiary/aromatic N) is 2. The van der Waals surface area contributed by atoms with E-state index >= 15 is 0 Å². The lowest BCUT2D eigenvalue weighted by molar-refractivity contribution is -0.121. The van der Waals surface area contributed by atoms with Gasteiger partial charge in [-0.2, -0.15) is 5.10 Å². The Labute approximate surface area is 152 Å². The van der Waals surface area contributed by atoms with Crippen LogP contribution in [0.15, 0.2) is 53.6 Å². The molecule has 0 spiro atoms. The van der Waals surface area contributed by atoms with Crippen molar-refractivity contribution in [3.63, 3.8) is 0 Å². The molecular weight excluding hydrogens is 330 g/mol. The number of benzene rings is 2. The predicted octanol–water partition coefficient (Wildman–Crippen LogP) is 3.12. The number of aryl methyl sites for hydroxylation is 1. The Hall–Kier alpha value is -3.28. The lowest BCUT2D eigenvalue weighted by Gasteiger charge is -2.08. The van der Waals surface area contributed by atoms with E-state index in [2.05, 4.69) is 16.6 Å². The average Bonchev–Trinajstić information content (AvgIpc) is 2.97. The number of hydrogen-bond acceptors (Lipinski definition) is 4. The molecule has 0 radical (unpaired) electrons. The molecule has 0 saturated heterocycles. The number of hydrogen-bond donors (Lipinski definition) is 1. The molecule has 0 atom stereocenters. The quantitative estimate of drug-likeness (QED) is 0.548. The van der Waals surface area contributed by atoms with Crippen molar-refractivity contribution in [2.24, 2.45) is 5.10 Å². The highest BCUT2D eigenvalue weighted by atomic mass is 16.5. The summed E-state index contributed by atoms with van der Waals surface area (Å²) in [5.74, 6) is 1.06. The third-order valence-electron chi connectivity index (χ3n) is 4.13. The largest absolute Gasteiger partial charge is 0.493 e. The fourth-order valence-electron chi connectivity index (χ4n) is 2.85. The van der Waals surface area contributed by atoms with Crippen LogP contribution in [0, 0.1) is 6.92 Å². The van der Waals surface area contributed by atoms with Gasteiger partial charge in [-0.15, -0.1) is 0 Å². The number of amides is 1. The normalized spacial score (nSPS) is 11.0. The summed E-state index contributed by atoms with van der Waals surface area (Å²) in [6.07, 6.45) is 1.57. The molecule has 3 rings (SSSR count). The van der Waals surface area contributed by atoms with Crippen molar-refractivity contribution in [3.05, 3.63) is 59.8 Å². The minimum Gasteiger partial charge on any atom is -0.493 e. The van der Waals surface area contributed by atoms with Crippen LogP contribution in [0.25, 0.3) is 10.9 Å². The van der Waals surface area contributed by atoms with Crippen LogP contribution >= 0.6 is 0 Å². The van der Waals surface area contributed by atoms with Crippen molar-refractivity contribution in [1.29, 1.82) is 0 Å². The van der Waals surface area contributed by atoms with Crippen LogP contribution in [0.1, 0.15) is 11.3 Å². The van der Waals surface area contributed by atoms with Gasteiger partial charge < -0.3 is 14.0 Å². The van der Waals surface area contributed by atoms with E-state index in [1.807, 2.05) is 41.8 Å². The molecule has 6 heteroatoms. The van der Waals surface area contributed by atoms with Crippen LogP contribution in [0.3, 0.4) is 0 Å². The van der Waals surface area contributed by atoms with E-state index in [0.29, 0.717) is 11.5 Å². The minimum atomic E-state index is -0.189. The third-order valence-corrected chi connectivity index (χ3v) is 4.13. The van der Waals surface area contributed by atoms with Gasteiger partial charge in [-0.1, -0.05) is 18.2 Å². The van der Waals surface area contributed by atoms with Crippen molar-refractivity contribution in [3.8, 4) is 11.5 Å². The zero-order valence-corrected chi connectivity index (χ0v) is 15.0. The second-order valence-electron chi connectivity index (χ2n) is 5.84. The molecule has 1 N–H and O–H groups in total. The molecule has 0 saturated carbocycles. The second-order valence-corrected chi connectivity index (χ2v) is 5.84. The van der Waals surface area contributed by atoms with Crippen LogP contribution in [0.4, 0.5) is 0 Å². The van der Waals surface area contributed by atoms with E-state index in [1.54, 1.807) is 32.6 Å². The van der Waals surface area contributed by atoms with Gasteiger partial charge in [0.15, 0.2) is 11.5 Å². The Kier molecular flexibility index (Phi) is 5.22. The Morgan fingerprint density at radius 3 is 2.65 bits per heavy atom. The zero-order valence-electron chi connectivity index (χ0n) is 15.0. The van der Waals surface area contributed by atoms with E-state index in [9.17, 15) is 4.79 Å². The van der Waals surface area contributed by atoms with Gasteiger partial charge in [0.2, 0.25) is 0 Å². The van der Waals surface area contributed by atoms with Gasteiger partial charge in [-0.05, 0) is 48.2 Å². The first-order valence-corrected chi connectivity index (χ1v) is 8.21. The maximum atomic E-state index is 12.2. The van der Waals surface area contributed by atoms with Crippen molar-refractivity contribution in [2.75, 3.05) is 14.2 Å². The Morgan fingerprint density at radius 1 is 1.12 bits per heavy atom. The summed E-state index contributed by atoms with van der Waals surface area (Å²) in [5.41, 5.74) is 5.43. The number of carbonyl (C=O) groups excluding carboxylic acids is 1. The highest BCUT2D eigenvalue weighted by molar-refractivity contribution is 5.85. The van der Waals surface area contributed by atoms with Gasteiger partial charge in [-0.3, -0.25) is 4.79 Å². The van der Waals surface area contributed by atoms with E-state index in [1.165, 1.54) is 0 Å². The highest BCUT2D eigenvalue weighted by Crippen LogP contribution is 2.26. The van der Waals surface area contributed by atoms with Crippen molar-refractivity contribution >= 4 is 23.0 Å². The molecule has 3 aromatic rings. The van der Waals surface area contributed by atoms with Crippen LogP contribution in [-0.2, 0) is 11.3 Å². The monoisotopic (exact) mass is 351 g/mol. The zero-order chi connectivity index (χ0) is 18.5. The average molecular weight is 351 g/mol. The van der Waals surface area contributed by atoms with Gasteiger partial charge >= 0.3 is 0 Å². The first kappa shape index (κ1) is 17.5. The van der Waals surface area contributed by atoms with Crippen LogP contribution < -0.4 is 14.9 Å². The van der Waals surface area contributed by atoms with Gasteiger partial charge in [0, 0.05) is 11.2 Å². The molecule has 2 aromatic carbocycles. The summed E-state index contributed by atoms with van der Waals surface area (Å²) in [7, 11) is 3.16. The molecule has 134 valence electrons. The molecule has 26 heavy (non-hydrogen) atoms. The number of ether oxygens (including phenoxy) is 2. The van der Waals surface area contributed by atoms with Gasteiger partial charge in [0.05, 0.1) is 20.4 Å². The lowest BCUT2D eigenvalue weighted by atomic mass is 10.2. The Balaban J connectivity index is 1.67. The highest BCUT2D eigenvalue weighted by Gasteiger charge is 2.09. The van der Waals surface area contributed by atoms with E-state index in [-0.39, 0.29) is 12.5 Å². The first-order chi connectivity index (χ1) is 12.6. The standard InChI is InChI=1S/C20H21N3O3/c1-14-10-16-6-4-5-7-17(16)23(14)13-20(24)22-21-12-15-8-9-18(25-2)19(11-15)26-3/h4-12H,13H2,1-3H3,(H,22,24)/b21-12-. The summed E-state index contributed by atoms with van der Waals surface area (Å²) in [5, 5.41) is 5.15. The smallest absolute Gasteiger partial charge is 0.259 e. The number of methoxy groups -OCH3 is 2. The topological polar surface area (TPSA) is 64.8 Å². The number of nitrogens with one attached hydrogen (secondary N) is 1. The third kappa shape index (κ3) is 3.69. The van der Waals surface area contributed by atoms with Crippen molar-refractivity contribution in [2.45, 2.75) is 13.5 Å². The summed E-state index contributed by atoms with van der Waals surface area (Å²) >= 11 is 0. The van der Waals surface area contributed by atoms with Gasteiger partial charge in [-0.25, -0.2) is 5.43 Å². The fourth-order valence-corrected chi connectivity index (χ4v) is 2.85. The number of hydrazone groups is 1. The number of fused-ring (bicyclic) bond motifs is 1. The SMILES string of the molecule is COc1ccc(/C=N\NC(=O)Cn2c(C)cc3ccccc32)cc1OC. The van der Waals surface area contributed by atoms with Gasteiger partial charge in [0.1, 0.15) is 6.54 Å². The molecule has 0 unspecified atom stereocenters. The second kappa shape index (κ2) is 7.74. The summed E-state index contributed by atoms with van der Waals surface area (Å²) in [4.78, 5) is 12.2. The molecule has 0 aliphatic rings. The molecular formula is C20H21N3O3. The number of carbonyl (C=O) groups is 1. The minimum absolute atomic E-state index is 0.189. The van der Waals surface area contributed by atoms with Crippen LogP contribution in [0.2, 0.25) is 0 Å². The van der Waals surface area contributed by atoms with E-state index in [4.69, 9.17) is 9.47 Å². The molecule has 0 aliphatic carbocycles. The van der Waals surface area contributed by atoms with E-state index < -0.39 is 0 Å². The fraction of sp³-hybridized carbons (Fsp3) is 0.200. The predicted molar refractivity (Wildman–Crippen MR) is 102 cm³/mol. The van der Waals surface area contributed by atoms with Crippen molar-refractivity contribution < 1.29 is 14.3 Å². The molecule has 1 heterocycles. The first-order valence-electron chi connectivity index (χ1n) is 8.21. The maximum absolute atomic E-state index is 12.2. The molecule has 1 amide bonds. The number of aromatic nitrogens is 1. The summed E-state index contributed by atoms with van der Waals surface area (Å²) in [6, 6.07) is 15.5. The lowest BCUT2D eigenvalue weighted by Crippen LogP contribution is -2.23. The maximum Gasteiger partial charge on any atom is 0.259 e. The van der Waals surface area contributed by atoms with E-state index in [0.717, 1.165) is 22.2 Å². The number of rotatable bonds is 6. The molecule has 0 bridgehead atoms. The Morgan fingerprint density at radius 2 is 1.88 bits per heavy atom. The number of para-hydroxylation sites is 1. The van der Waals surface area contributed by atoms with Gasteiger partial charge in [0.25, 0.3) is 5.91 Å². The van der Waals surface area contributed by atoms with Crippen LogP contribution in [-0.4, -0.2) is 30.9 Å². The summed E-state index contributed by atoms with van der Waals surface area (Å²) < 4.78 is 12.4.